The summed E-state index contributed by atoms with van der Waals surface area (Å²) in [6, 6.07) is 11.9. The molecular weight excluding hydrogens is 602 g/mol. The van der Waals surface area contributed by atoms with Crippen molar-refractivity contribution in [1.29, 1.82) is 0 Å². The van der Waals surface area contributed by atoms with E-state index in [-0.39, 0.29) is 92.6 Å². The van der Waals surface area contributed by atoms with E-state index < -0.39 is 0 Å². The van der Waals surface area contributed by atoms with Crippen LogP contribution in [0.25, 0.3) is 34.2 Å². The molecule has 11 nitrogen and oxygen atoms in total. The van der Waals surface area contributed by atoms with Crippen molar-refractivity contribution in [1.82, 2.24) is 15.0 Å². The second-order valence-corrected chi connectivity index (χ2v) is 10.2. The van der Waals surface area contributed by atoms with E-state index in [1.54, 1.807) is 54.6 Å². The summed E-state index contributed by atoms with van der Waals surface area (Å²) in [5, 5.41) is 50.7. The minimum atomic E-state index is -0.199. The second kappa shape index (κ2) is 16.9. The first-order valence-corrected chi connectivity index (χ1v) is 15.0. The number of phenolic OH excluding ortho intramolecular Hbond substituents is 2. The lowest BCUT2D eigenvalue weighted by atomic mass is 10.0. The van der Waals surface area contributed by atoms with E-state index >= 15 is 0 Å². The van der Waals surface area contributed by atoms with Gasteiger partial charge in [-0.05, 0) is 67.3 Å². The molecule has 0 spiro atoms. The van der Waals surface area contributed by atoms with Crippen LogP contribution < -0.4 is 14.2 Å². The number of hydrogen-bond donors (Lipinski definition) is 5. The SMILES string of the molecule is C=CCc1cc(-c2nc(-c3ccc(OCCO)c(CC=C)c3O)nc(-c3ccc(OCCO)c(CC=C)c3O)n2)ccc1OCCO. The Bertz CT molecular complexity index is 1630. The van der Waals surface area contributed by atoms with Crippen LogP contribution in [-0.2, 0) is 19.3 Å². The fourth-order valence-corrected chi connectivity index (χ4v) is 4.94. The zero-order valence-corrected chi connectivity index (χ0v) is 26.1. The fraction of sp³-hybridized carbons (Fsp3) is 0.250. The molecule has 0 atom stereocenters. The second-order valence-electron chi connectivity index (χ2n) is 10.2. The predicted molar refractivity (Wildman–Crippen MR) is 179 cm³/mol. The zero-order valence-electron chi connectivity index (χ0n) is 26.1. The maximum Gasteiger partial charge on any atom is 0.167 e. The highest BCUT2D eigenvalue weighted by Crippen LogP contribution is 2.41. The fourth-order valence-electron chi connectivity index (χ4n) is 4.94. The lowest BCUT2D eigenvalue weighted by molar-refractivity contribution is 0.200. The minimum Gasteiger partial charge on any atom is -0.507 e. The molecule has 0 aliphatic heterocycles. The van der Waals surface area contributed by atoms with E-state index in [2.05, 4.69) is 19.7 Å². The van der Waals surface area contributed by atoms with E-state index in [0.717, 1.165) is 5.56 Å². The molecule has 4 rings (SSSR count). The van der Waals surface area contributed by atoms with Crippen LogP contribution in [0.3, 0.4) is 0 Å². The third-order valence-electron chi connectivity index (χ3n) is 7.02. The number of aliphatic hydroxyl groups excluding tert-OH is 3. The molecule has 0 aliphatic rings. The first-order chi connectivity index (χ1) is 22.9. The summed E-state index contributed by atoms with van der Waals surface area (Å²) in [7, 11) is 0. The molecule has 0 radical (unpaired) electrons. The summed E-state index contributed by atoms with van der Waals surface area (Å²) in [5.41, 5.74) is 2.84. The number of aliphatic hydroxyl groups is 3. The van der Waals surface area contributed by atoms with Gasteiger partial charge in [0.25, 0.3) is 0 Å². The summed E-state index contributed by atoms with van der Waals surface area (Å²) in [5.74, 6) is 1.57. The largest absolute Gasteiger partial charge is 0.507 e. The van der Waals surface area contributed by atoms with Crippen molar-refractivity contribution in [3.05, 3.63) is 97.1 Å². The van der Waals surface area contributed by atoms with Crippen molar-refractivity contribution >= 4 is 0 Å². The van der Waals surface area contributed by atoms with E-state index in [1.807, 2.05) is 6.07 Å². The number of nitrogens with zero attached hydrogens (tertiary/aromatic N) is 3. The lowest BCUT2D eigenvalue weighted by Crippen LogP contribution is -2.06. The minimum absolute atomic E-state index is 0.0401. The highest BCUT2D eigenvalue weighted by atomic mass is 16.5. The van der Waals surface area contributed by atoms with Crippen LogP contribution in [0.2, 0.25) is 0 Å². The van der Waals surface area contributed by atoms with Gasteiger partial charge in [-0.2, -0.15) is 0 Å². The molecule has 47 heavy (non-hydrogen) atoms. The number of rotatable bonds is 18. The van der Waals surface area contributed by atoms with E-state index in [0.29, 0.717) is 40.4 Å². The normalized spacial score (nSPS) is 10.8. The Morgan fingerprint density at radius 3 is 1.43 bits per heavy atom. The zero-order chi connectivity index (χ0) is 33.8. The third kappa shape index (κ3) is 8.14. The van der Waals surface area contributed by atoms with Crippen molar-refractivity contribution in [3.8, 4) is 62.9 Å². The molecular formula is C36H39N3O8. The molecule has 11 heteroatoms. The number of ether oxygens (including phenoxy) is 3. The molecule has 4 aromatic rings. The Balaban J connectivity index is 1.97. The molecule has 0 unspecified atom stereocenters. The van der Waals surface area contributed by atoms with Gasteiger partial charge >= 0.3 is 0 Å². The first kappa shape index (κ1) is 34.6. The van der Waals surface area contributed by atoms with Gasteiger partial charge in [-0.1, -0.05) is 18.2 Å². The molecule has 0 saturated carbocycles. The smallest absolute Gasteiger partial charge is 0.167 e. The van der Waals surface area contributed by atoms with Crippen molar-refractivity contribution in [2.24, 2.45) is 0 Å². The summed E-state index contributed by atoms with van der Waals surface area (Å²) in [6.07, 6.45) is 5.99. The maximum atomic E-state index is 11.5. The molecule has 0 amide bonds. The molecule has 1 heterocycles. The number of allylic oxidation sites excluding steroid dienone is 3. The Morgan fingerprint density at radius 2 is 0.979 bits per heavy atom. The third-order valence-corrected chi connectivity index (χ3v) is 7.02. The van der Waals surface area contributed by atoms with E-state index in [1.165, 1.54) is 0 Å². The molecule has 246 valence electrons. The Labute approximate surface area is 273 Å². The van der Waals surface area contributed by atoms with Gasteiger partial charge in [0.05, 0.1) is 30.9 Å². The number of aromatic nitrogens is 3. The van der Waals surface area contributed by atoms with Crippen molar-refractivity contribution in [2.75, 3.05) is 39.6 Å². The lowest BCUT2D eigenvalue weighted by Gasteiger charge is -2.17. The Morgan fingerprint density at radius 1 is 0.553 bits per heavy atom. The molecule has 1 aromatic heterocycles. The molecule has 0 saturated heterocycles. The van der Waals surface area contributed by atoms with Gasteiger partial charge in [0.15, 0.2) is 17.5 Å². The van der Waals surface area contributed by atoms with Gasteiger partial charge in [0.2, 0.25) is 0 Å². The first-order valence-electron chi connectivity index (χ1n) is 15.0. The average Bonchev–Trinajstić information content (AvgIpc) is 3.08. The van der Waals surface area contributed by atoms with E-state index in [9.17, 15) is 25.5 Å². The van der Waals surface area contributed by atoms with Crippen LogP contribution in [0.15, 0.2) is 80.4 Å². The van der Waals surface area contributed by atoms with Gasteiger partial charge in [-0.25, -0.2) is 15.0 Å². The number of benzene rings is 3. The van der Waals surface area contributed by atoms with Gasteiger partial charge in [0, 0.05) is 16.7 Å². The molecule has 0 fully saturated rings. The number of phenols is 2. The van der Waals surface area contributed by atoms with Crippen LogP contribution in [-0.4, -0.2) is 80.1 Å². The summed E-state index contributed by atoms with van der Waals surface area (Å²) in [4.78, 5) is 14.2. The van der Waals surface area contributed by atoms with Crippen molar-refractivity contribution in [2.45, 2.75) is 19.3 Å². The molecule has 5 N–H and O–H groups in total. The Hall–Kier alpha value is -5.23. The quantitative estimate of drug-likeness (QED) is 0.0965. The van der Waals surface area contributed by atoms with Crippen LogP contribution >= 0.6 is 0 Å². The van der Waals surface area contributed by atoms with Crippen molar-refractivity contribution in [3.63, 3.8) is 0 Å². The van der Waals surface area contributed by atoms with Gasteiger partial charge in [0.1, 0.15) is 48.6 Å². The molecule has 3 aromatic carbocycles. The predicted octanol–water partition coefficient (Wildman–Crippen LogP) is 4.58. The number of hydrogen-bond acceptors (Lipinski definition) is 11. The molecule has 0 aliphatic carbocycles. The van der Waals surface area contributed by atoms with Gasteiger partial charge < -0.3 is 39.7 Å². The van der Waals surface area contributed by atoms with Crippen LogP contribution in [0.4, 0.5) is 0 Å². The van der Waals surface area contributed by atoms with E-state index in [4.69, 9.17) is 29.2 Å². The standard InChI is InChI=1S/C36H39N3O8/c1-4-7-23-22-24(10-13-29(23)45-19-16-40)34-37-35(27-11-14-30(46-20-17-41)25(8-5-2)32(27)43)39-36(38-34)28-12-15-31(47-21-18-42)26(9-6-3)33(28)44/h4-6,10-15,22,40-44H,1-3,7-9,16-21H2. The Kier molecular flexibility index (Phi) is 12.5. The maximum absolute atomic E-state index is 11.5. The highest BCUT2D eigenvalue weighted by Gasteiger charge is 2.22. The van der Waals surface area contributed by atoms with Gasteiger partial charge in [-0.3, -0.25) is 0 Å². The van der Waals surface area contributed by atoms with Crippen molar-refractivity contribution < 1.29 is 39.7 Å². The van der Waals surface area contributed by atoms with Crippen LogP contribution in [0.5, 0.6) is 28.7 Å². The summed E-state index contributed by atoms with van der Waals surface area (Å²) >= 11 is 0. The summed E-state index contributed by atoms with van der Waals surface area (Å²) in [6.45, 7) is 11.1. The average molecular weight is 642 g/mol. The summed E-state index contributed by atoms with van der Waals surface area (Å²) < 4.78 is 17.0. The van der Waals surface area contributed by atoms with Crippen LogP contribution in [0, 0.1) is 0 Å². The molecule has 0 bridgehead atoms. The van der Waals surface area contributed by atoms with Gasteiger partial charge in [-0.15, -0.1) is 19.7 Å². The monoisotopic (exact) mass is 641 g/mol. The highest BCUT2D eigenvalue weighted by molar-refractivity contribution is 5.75. The number of aromatic hydroxyl groups is 2. The topological polar surface area (TPSA) is 168 Å². The van der Waals surface area contributed by atoms with Crippen LogP contribution in [0.1, 0.15) is 16.7 Å².